The van der Waals surface area contributed by atoms with Gasteiger partial charge in [0.1, 0.15) is 17.5 Å². The van der Waals surface area contributed by atoms with Crippen molar-refractivity contribution in [3.63, 3.8) is 0 Å². The van der Waals surface area contributed by atoms with Gasteiger partial charge in [-0.3, -0.25) is 15.0 Å². The summed E-state index contributed by atoms with van der Waals surface area (Å²) in [6.07, 6.45) is 7.47. The highest BCUT2D eigenvalue weighted by atomic mass is 19.3. The summed E-state index contributed by atoms with van der Waals surface area (Å²) < 4.78 is 53.0. The molecule has 6 heterocycles. The molecular weight excluding hydrogens is 656 g/mol. The number of halogens is 4. The first kappa shape index (κ1) is 33.2. The number of pyridine rings is 2. The fraction of sp³-hybridized carbons (Fsp3) is 0.412. The number of hydrogen-bond donors (Lipinski definition) is 4. The van der Waals surface area contributed by atoms with E-state index in [1.54, 1.807) is 48.5 Å². The minimum atomic E-state index is -2.71. The van der Waals surface area contributed by atoms with Gasteiger partial charge in [0.15, 0.2) is 5.82 Å². The maximum atomic E-state index is 13.2. The van der Waals surface area contributed by atoms with E-state index in [4.69, 9.17) is 0 Å². The molecular formula is C34H36F4N10O2. The summed E-state index contributed by atoms with van der Waals surface area (Å²) in [5, 5.41) is 14.2. The molecule has 3 aromatic rings. The van der Waals surface area contributed by atoms with E-state index in [0.717, 1.165) is 37.1 Å². The number of rotatable bonds is 10. The molecule has 1 saturated carbocycles. The summed E-state index contributed by atoms with van der Waals surface area (Å²) in [5.41, 5.74) is 9.04. The lowest BCUT2D eigenvalue weighted by Gasteiger charge is -2.39. The van der Waals surface area contributed by atoms with Crippen molar-refractivity contribution in [3.8, 4) is 0 Å². The van der Waals surface area contributed by atoms with Crippen LogP contribution in [0.3, 0.4) is 0 Å². The molecule has 2 atom stereocenters. The molecule has 0 unspecified atom stereocenters. The number of nitrogens with one attached hydrogen (secondary N) is 4. The Hall–Kier alpha value is -5.28. The zero-order valence-electron chi connectivity index (χ0n) is 27.0. The molecule has 0 bridgehead atoms. The Bertz CT molecular complexity index is 1800. The van der Waals surface area contributed by atoms with E-state index in [1.165, 1.54) is 9.80 Å². The largest absolute Gasteiger partial charge is 0.344 e. The lowest BCUT2D eigenvalue weighted by molar-refractivity contribution is -0.120. The molecule has 0 spiro atoms. The van der Waals surface area contributed by atoms with Gasteiger partial charge in [0.2, 0.25) is 11.8 Å². The van der Waals surface area contributed by atoms with E-state index in [9.17, 15) is 27.2 Å². The molecule has 0 aromatic carbocycles. The van der Waals surface area contributed by atoms with Gasteiger partial charge in [-0.2, -0.15) is 5.10 Å². The second-order valence-electron chi connectivity index (χ2n) is 13.2. The van der Waals surface area contributed by atoms with E-state index in [-0.39, 0.29) is 62.7 Å². The fourth-order valence-electron chi connectivity index (χ4n) is 6.62. The Kier molecular flexibility index (Phi) is 9.01. The van der Waals surface area contributed by atoms with Crippen LogP contribution in [0.15, 0.2) is 72.2 Å². The number of nitrogens with zero attached hydrogens (tertiary/aromatic N) is 6. The first-order chi connectivity index (χ1) is 24.0. The van der Waals surface area contributed by atoms with Gasteiger partial charge in [-0.1, -0.05) is 18.6 Å². The SMILES string of the molecule is O=C(Cc1cccc(N2CC(F)(F)C2)n1)NC1=CC=C([C@H]2CCC[C@@H](c3ccc(NC(=O)Cc4cccc(N5CC(F)(F)C5)n4)nn3)C2)NN1. The van der Waals surface area contributed by atoms with Crippen LogP contribution in [0.2, 0.25) is 0 Å². The molecule has 7 rings (SSSR count). The van der Waals surface area contributed by atoms with Crippen molar-refractivity contribution in [2.75, 3.05) is 41.3 Å². The molecule has 4 aliphatic rings. The number of hydrogen-bond acceptors (Lipinski definition) is 10. The highest BCUT2D eigenvalue weighted by Crippen LogP contribution is 2.38. The molecule has 16 heteroatoms. The Morgan fingerprint density at radius 1 is 0.740 bits per heavy atom. The Labute approximate surface area is 285 Å². The average Bonchev–Trinajstić information content (AvgIpc) is 3.07. The number of amides is 2. The van der Waals surface area contributed by atoms with Crippen molar-refractivity contribution in [2.45, 2.75) is 56.3 Å². The van der Waals surface area contributed by atoms with Crippen LogP contribution in [0.5, 0.6) is 0 Å². The summed E-state index contributed by atoms with van der Waals surface area (Å²) in [4.78, 5) is 37.0. The normalized spacial score (nSPS) is 22.1. The van der Waals surface area contributed by atoms with Crippen molar-refractivity contribution < 1.29 is 27.2 Å². The summed E-state index contributed by atoms with van der Waals surface area (Å²) in [6.45, 7) is -1.51. The van der Waals surface area contributed by atoms with Gasteiger partial charge in [-0.25, -0.2) is 27.5 Å². The van der Waals surface area contributed by atoms with E-state index >= 15 is 0 Å². The van der Waals surface area contributed by atoms with Crippen molar-refractivity contribution in [2.24, 2.45) is 5.92 Å². The molecule has 3 aromatic heterocycles. The molecule has 12 nitrogen and oxygen atoms in total. The maximum Gasteiger partial charge on any atom is 0.282 e. The van der Waals surface area contributed by atoms with E-state index in [0.29, 0.717) is 34.7 Å². The second kappa shape index (κ2) is 13.6. The number of hydrazine groups is 1. The maximum absolute atomic E-state index is 13.2. The highest BCUT2D eigenvalue weighted by Gasteiger charge is 2.45. The van der Waals surface area contributed by atoms with Crippen LogP contribution in [-0.4, -0.2) is 70.0 Å². The first-order valence-electron chi connectivity index (χ1n) is 16.5. The number of anilines is 3. The quantitative estimate of drug-likeness (QED) is 0.232. The van der Waals surface area contributed by atoms with E-state index < -0.39 is 11.8 Å². The zero-order chi connectivity index (χ0) is 34.9. The van der Waals surface area contributed by atoms with Crippen LogP contribution in [0.25, 0.3) is 0 Å². The number of alkyl halides is 4. The van der Waals surface area contributed by atoms with Crippen molar-refractivity contribution in [1.82, 2.24) is 36.3 Å². The van der Waals surface area contributed by atoms with Gasteiger partial charge in [-0.05, 0) is 67.8 Å². The molecule has 1 aliphatic carbocycles. The third kappa shape index (κ3) is 7.95. The average molecular weight is 693 g/mol. The minimum Gasteiger partial charge on any atom is -0.344 e. The molecule has 50 heavy (non-hydrogen) atoms. The predicted octanol–water partition coefficient (Wildman–Crippen LogP) is 3.82. The van der Waals surface area contributed by atoms with Gasteiger partial charge in [0, 0.05) is 17.5 Å². The van der Waals surface area contributed by atoms with Gasteiger partial charge < -0.3 is 25.9 Å². The Morgan fingerprint density at radius 2 is 1.34 bits per heavy atom. The van der Waals surface area contributed by atoms with Crippen molar-refractivity contribution in [1.29, 1.82) is 0 Å². The standard InChI is InChI=1S/C34H36F4N10O2/c35-33(36)17-47(18-33)29-8-2-6-23(39-29)15-31(49)41-27-12-10-25(43-45-27)21-4-1-5-22(14-21)26-11-13-28(46-44-26)42-32(50)16-24-7-3-9-30(40-24)48-19-34(37,38)20-48/h2-3,6-13,21-22,43,45H,1,4-5,14-20H2,(H,41,49)(H,42,46,50)/t21-,22+/m0/s1. The van der Waals surface area contributed by atoms with Crippen LogP contribution in [0, 0.1) is 5.92 Å². The lowest BCUT2D eigenvalue weighted by Crippen LogP contribution is -2.56. The molecule has 2 amide bonds. The summed E-state index contributed by atoms with van der Waals surface area (Å²) in [5.74, 6) is -4.00. The Morgan fingerprint density at radius 3 is 1.88 bits per heavy atom. The highest BCUT2D eigenvalue weighted by molar-refractivity contribution is 5.91. The van der Waals surface area contributed by atoms with Gasteiger partial charge in [0.25, 0.3) is 11.8 Å². The zero-order valence-corrected chi connectivity index (χ0v) is 27.0. The third-order valence-electron chi connectivity index (χ3n) is 9.13. The summed E-state index contributed by atoms with van der Waals surface area (Å²) >= 11 is 0. The number of aromatic nitrogens is 4. The van der Waals surface area contributed by atoms with E-state index in [2.05, 4.69) is 41.7 Å². The minimum absolute atomic E-state index is 0.00284. The van der Waals surface area contributed by atoms with Gasteiger partial charge >= 0.3 is 0 Å². The van der Waals surface area contributed by atoms with Crippen LogP contribution < -0.4 is 31.3 Å². The van der Waals surface area contributed by atoms with Crippen LogP contribution in [0.1, 0.15) is 48.7 Å². The summed E-state index contributed by atoms with van der Waals surface area (Å²) in [7, 11) is 0. The second-order valence-corrected chi connectivity index (χ2v) is 13.2. The van der Waals surface area contributed by atoms with E-state index in [1.807, 2.05) is 12.1 Å². The third-order valence-corrected chi connectivity index (χ3v) is 9.13. The lowest BCUT2D eigenvalue weighted by atomic mass is 9.78. The molecule has 262 valence electrons. The monoisotopic (exact) mass is 692 g/mol. The fourth-order valence-corrected chi connectivity index (χ4v) is 6.62. The summed E-state index contributed by atoms with van der Waals surface area (Å²) in [6, 6.07) is 13.7. The number of carbonyl (C=O) groups is 2. The molecule has 0 radical (unpaired) electrons. The predicted molar refractivity (Wildman–Crippen MR) is 176 cm³/mol. The molecule has 3 fully saturated rings. The molecule has 2 saturated heterocycles. The smallest absolute Gasteiger partial charge is 0.282 e. The molecule has 4 N–H and O–H groups in total. The van der Waals surface area contributed by atoms with Gasteiger partial charge in [0.05, 0.1) is 56.1 Å². The van der Waals surface area contributed by atoms with Crippen LogP contribution in [0.4, 0.5) is 35.0 Å². The van der Waals surface area contributed by atoms with Crippen LogP contribution >= 0.6 is 0 Å². The van der Waals surface area contributed by atoms with Crippen molar-refractivity contribution >= 4 is 29.3 Å². The van der Waals surface area contributed by atoms with Crippen molar-refractivity contribution in [3.05, 3.63) is 89.3 Å². The molecule has 3 aliphatic heterocycles. The Balaban J connectivity index is 0.882. The van der Waals surface area contributed by atoms with Gasteiger partial charge in [-0.15, -0.1) is 5.10 Å². The first-order valence-corrected chi connectivity index (χ1v) is 16.5. The number of carbonyl (C=O) groups excluding carboxylic acids is 2. The van der Waals surface area contributed by atoms with Crippen LogP contribution in [-0.2, 0) is 22.4 Å². The topological polar surface area (TPSA) is 140 Å². The number of allylic oxidation sites excluding steroid dienone is 3.